The summed E-state index contributed by atoms with van der Waals surface area (Å²) >= 11 is 1.64. The van der Waals surface area contributed by atoms with E-state index in [0.29, 0.717) is 19.4 Å². The molecule has 1 heterocycles. The molecule has 21 heavy (non-hydrogen) atoms. The Kier molecular flexibility index (Phi) is 5.82. The van der Waals surface area contributed by atoms with Crippen LogP contribution in [0.5, 0.6) is 0 Å². The summed E-state index contributed by atoms with van der Waals surface area (Å²) in [7, 11) is 0. The predicted molar refractivity (Wildman–Crippen MR) is 88.1 cm³/mol. The molecule has 1 aliphatic carbocycles. The first kappa shape index (κ1) is 16.5. The third kappa shape index (κ3) is 4.30. The number of hydrogen-bond acceptors (Lipinski definition) is 3. The Hall–Kier alpha value is -0.870. The Morgan fingerprint density at radius 3 is 2.57 bits per heavy atom. The van der Waals surface area contributed by atoms with Gasteiger partial charge in [0.15, 0.2) is 0 Å². The largest absolute Gasteiger partial charge is 0.388 e. The standard InChI is InChI=1S/C17H27NO2S/c1-3-17(20,4-2)12-18-16(19)15-11-13-9-7-5-6-8-10-14(13)21-15/h11,20H,3-10,12H2,1-2H3,(H,18,19). The molecule has 118 valence electrons. The van der Waals surface area contributed by atoms with Crippen LogP contribution in [0.2, 0.25) is 0 Å². The molecule has 2 N–H and O–H groups in total. The van der Waals surface area contributed by atoms with Crippen molar-refractivity contribution in [3.63, 3.8) is 0 Å². The van der Waals surface area contributed by atoms with Gasteiger partial charge in [0.25, 0.3) is 5.91 Å². The van der Waals surface area contributed by atoms with Crippen molar-refractivity contribution in [2.75, 3.05) is 6.54 Å². The van der Waals surface area contributed by atoms with Gasteiger partial charge in [-0.05, 0) is 50.2 Å². The van der Waals surface area contributed by atoms with Crippen molar-refractivity contribution in [1.29, 1.82) is 0 Å². The maximum absolute atomic E-state index is 12.3. The Balaban J connectivity index is 2.01. The lowest BCUT2D eigenvalue weighted by Crippen LogP contribution is -2.41. The molecular formula is C17H27NO2S. The van der Waals surface area contributed by atoms with Gasteiger partial charge in [0.2, 0.25) is 0 Å². The van der Waals surface area contributed by atoms with Crippen LogP contribution in [0.25, 0.3) is 0 Å². The van der Waals surface area contributed by atoms with E-state index in [0.717, 1.165) is 17.7 Å². The number of carbonyl (C=O) groups is 1. The second-order valence-electron chi connectivity index (χ2n) is 6.09. The van der Waals surface area contributed by atoms with Crippen LogP contribution in [0.1, 0.15) is 72.5 Å². The van der Waals surface area contributed by atoms with Gasteiger partial charge in [-0.15, -0.1) is 11.3 Å². The molecule has 0 aromatic carbocycles. The average Bonchev–Trinajstić information content (AvgIpc) is 2.87. The maximum atomic E-state index is 12.3. The van der Waals surface area contributed by atoms with Gasteiger partial charge >= 0.3 is 0 Å². The second-order valence-corrected chi connectivity index (χ2v) is 7.22. The third-order valence-electron chi connectivity index (χ3n) is 4.61. The van der Waals surface area contributed by atoms with E-state index in [1.807, 2.05) is 13.8 Å². The summed E-state index contributed by atoms with van der Waals surface area (Å²) < 4.78 is 0. The van der Waals surface area contributed by atoms with Gasteiger partial charge in [0.1, 0.15) is 0 Å². The van der Waals surface area contributed by atoms with Crippen molar-refractivity contribution in [3.8, 4) is 0 Å². The van der Waals surface area contributed by atoms with E-state index in [-0.39, 0.29) is 5.91 Å². The van der Waals surface area contributed by atoms with E-state index >= 15 is 0 Å². The lowest BCUT2D eigenvalue weighted by molar-refractivity contribution is 0.0314. The highest BCUT2D eigenvalue weighted by Crippen LogP contribution is 2.28. The van der Waals surface area contributed by atoms with Gasteiger partial charge in [-0.1, -0.05) is 26.7 Å². The van der Waals surface area contributed by atoms with E-state index in [1.54, 1.807) is 11.3 Å². The summed E-state index contributed by atoms with van der Waals surface area (Å²) in [5, 5.41) is 13.2. The van der Waals surface area contributed by atoms with Crippen molar-refractivity contribution >= 4 is 17.2 Å². The molecule has 0 saturated heterocycles. The van der Waals surface area contributed by atoms with Crippen molar-refractivity contribution in [3.05, 3.63) is 21.4 Å². The fourth-order valence-corrected chi connectivity index (χ4v) is 3.96. The molecule has 0 atom stereocenters. The summed E-state index contributed by atoms with van der Waals surface area (Å²) in [4.78, 5) is 14.5. The lowest BCUT2D eigenvalue weighted by Gasteiger charge is -2.25. The van der Waals surface area contributed by atoms with E-state index in [9.17, 15) is 9.90 Å². The first-order valence-corrected chi connectivity index (χ1v) is 9.02. The number of nitrogens with one attached hydrogen (secondary N) is 1. The Morgan fingerprint density at radius 1 is 1.24 bits per heavy atom. The van der Waals surface area contributed by atoms with E-state index in [2.05, 4.69) is 11.4 Å². The number of carbonyl (C=O) groups excluding carboxylic acids is 1. The maximum Gasteiger partial charge on any atom is 0.261 e. The summed E-state index contributed by atoms with van der Waals surface area (Å²) in [5.74, 6) is -0.0351. The van der Waals surface area contributed by atoms with E-state index in [4.69, 9.17) is 0 Å². The number of hydrogen-bond donors (Lipinski definition) is 2. The topological polar surface area (TPSA) is 49.3 Å². The number of fused-ring (bicyclic) bond motifs is 1. The molecule has 0 saturated carbocycles. The lowest BCUT2D eigenvalue weighted by atomic mass is 9.97. The first-order chi connectivity index (χ1) is 10.1. The van der Waals surface area contributed by atoms with Gasteiger partial charge in [0, 0.05) is 11.4 Å². The van der Waals surface area contributed by atoms with Crippen LogP contribution in [0, 0.1) is 0 Å². The van der Waals surface area contributed by atoms with Crippen LogP contribution in [-0.2, 0) is 12.8 Å². The molecule has 0 radical (unpaired) electrons. The minimum absolute atomic E-state index is 0.0351. The summed E-state index contributed by atoms with van der Waals surface area (Å²) in [5.41, 5.74) is 0.590. The minimum atomic E-state index is -0.776. The van der Waals surface area contributed by atoms with Gasteiger partial charge in [0.05, 0.1) is 10.5 Å². The number of amides is 1. The molecule has 0 fully saturated rings. The van der Waals surface area contributed by atoms with Gasteiger partial charge < -0.3 is 10.4 Å². The van der Waals surface area contributed by atoms with Crippen LogP contribution >= 0.6 is 11.3 Å². The van der Waals surface area contributed by atoms with Crippen molar-refractivity contribution in [2.45, 2.75) is 70.8 Å². The van der Waals surface area contributed by atoms with Gasteiger partial charge in [-0.2, -0.15) is 0 Å². The molecule has 0 bridgehead atoms. The smallest absolute Gasteiger partial charge is 0.261 e. The summed E-state index contributed by atoms with van der Waals surface area (Å²) in [6.45, 7) is 4.24. The molecule has 2 rings (SSSR count). The monoisotopic (exact) mass is 309 g/mol. The van der Waals surface area contributed by atoms with Crippen molar-refractivity contribution < 1.29 is 9.90 Å². The highest BCUT2D eigenvalue weighted by molar-refractivity contribution is 7.14. The van der Waals surface area contributed by atoms with Crippen LogP contribution in [0.3, 0.4) is 0 Å². The zero-order valence-corrected chi connectivity index (χ0v) is 14.0. The Labute approximate surface area is 131 Å². The molecule has 1 aromatic heterocycles. The highest BCUT2D eigenvalue weighted by Gasteiger charge is 2.24. The molecule has 1 aliphatic rings. The second kappa shape index (κ2) is 7.41. The fraction of sp³-hybridized carbons (Fsp3) is 0.706. The molecule has 1 aromatic rings. The SMILES string of the molecule is CCC(O)(CC)CNC(=O)c1cc2c(s1)CCCCCC2. The third-order valence-corrected chi connectivity index (χ3v) is 5.85. The van der Waals surface area contributed by atoms with Gasteiger partial charge in [-0.3, -0.25) is 4.79 Å². The van der Waals surface area contributed by atoms with E-state index < -0.39 is 5.60 Å². The molecule has 0 spiro atoms. The van der Waals surface area contributed by atoms with Crippen LogP contribution in [0.4, 0.5) is 0 Å². The average molecular weight is 309 g/mol. The fourth-order valence-electron chi connectivity index (χ4n) is 2.79. The summed E-state index contributed by atoms with van der Waals surface area (Å²) in [6.07, 6.45) is 8.61. The Morgan fingerprint density at radius 2 is 1.90 bits per heavy atom. The zero-order valence-electron chi connectivity index (χ0n) is 13.2. The van der Waals surface area contributed by atoms with Crippen molar-refractivity contribution in [1.82, 2.24) is 5.32 Å². The zero-order chi connectivity index (χ0) is 15.3. The number of aliphatic hydroxyl groups is 1. The highest BCUT2D eigenvalue weighted by atomic mass is 32.1. The number of thiophene rings is 1. The molecular weight excluding hydrogens is 282 g/mol. The molecule has 0 aliphatic heterocycles. The van der Waals surface area contributed by atoms with Crippen molar-refractivity contribution in [2.24, 2.45) is 0 Å². The molecule has 1 amide bonds. The van der Waals surface area contributed by atoms with E-state index in [1.165, 1.54) is 36.1 Å². The quantitative estimate of drug-likeness (QED) is 0.871. The Bertz CT molecular complexity index is 452. The molecule has 3 nitrogen and oxygen atoms in total. The van der Waals surface area contributed by atoms with Crippen LogP contribution in [-0.4, -0.2) is 23.2 Å². The molecule has 0 unspecified atom stereocenters. The minimum Gasteiger partial charge on any atom is -0.388 e. The molecule has 4 heteroatoms. The van der Waals surface area contributed by atoms with Gasteiger partial charge in [-0.25, -0.2) is 0 Å². The number of aryl methyl sites for hydroxylation is 2. The normalized spacial score (nSPS) is 16.0. The first-order valence-electron chi connectivity index (χ1n) is 8.20. The number of rotatable bonds is 5. The summed E-state index contributed by atoms with van der Waals surface area (Å²) in [6, 6.07) is 2.07. The van der Waals surface area contributed by atoms with Crippen LogP contribution in [0.15, 0.2) is 6.07 Å². The predicted octanol–water partition coefficient (Wildman–Crippen LogP) is 3.69. The van der Waals surface area contributed by atoms with Crippen LogP contribution < -0.4 is 5.32 Å².